The molecule has 1 aliphatic rings. The van der Waals surface area contributed by atoms with Gasteiger partial charge in [0.15, 0.2) is 9.84 Å². The van der Waals surface area contributed by atoms with Gasteiger partial charge in [-0.2, -0.15) is 0 Å². The number of hydrogen-bond donors (Lipinski definition) is 1. The lowest BCUT2D eigenvalue weighted by molar-refractivity contribution is -0.130. The van der Waals surface area contributed by atoms with Crippen LogP contribution in [0.3, 0.4) is 0 Å². The quantitative estimate of drug-likeness (QED) is 0.839. The molecule has 1 fully saturated rings. The minimum absolute atomic E-state index is 0.0682. The maximum Gasteiger partial charge on any atom is 0.242 e. The van der Waals surface area contributed by atoms with Crippen LogP contribution in [-0.2, 0) is 14.6 Å². The van der Waals surface area contributed by atoms with E-state index in [9.17, 15) is 13.2 Å². The van der Waals surface area contributed by atoms with E-state index in [1.165, 1.54) is 0 Å². The molecule has 122 valence electrons. The largest absolute Gasteiger partial charge is 0.376 e. The highest BCUT2D eigenvalue weighted by Crippen LogP contribution is 2.21. The average Bonchev–Trinajstić information content (AvgIpc) is 2.81. The Morgan fingerprint density at radius 1 is 1.45 bits per heavy atom. The van der Waals surface area contributed by atoms with Crippen LogP contribution in [0.15, 0.2) is 22.7 Å². The molecule has 2 rings (SSSR count). The molecule has 1 heterocycles. The zero-order valence-corrected chi connectivity index (χ0v) is 15.2. The van der Waals surface area contributed by atoms with Crippen molar-refractivity contribution in [2.24, 2.45) is 0 Å². The minimum atomic E-state index is -2.98. The number of carbonyl (C=O) groups is 1. The summed E-state index contributed by atoms with van der Waals surface area (Å²) in [6.07, 6.45) is 0.540. The molecule has 1 amide bonds. The Balaban J connectivity index is 1.96. The van der Waals surface area contributed by atoms with Gasteiger partial charge in [0.25, 0.3) is 0 Å². The first-order valence-corrected chi connectivity index (χ1v) is 9.93. The van der Waals surface area contributed by atoms with E-state index >= 15 is 0 Å². The van der Waals surface area contributed by atoms with Gasteiger partial charge in [0.1, 0.15) is 0 Å². The second-order valence-electron chi connectivity index (χ2n) is 5.55. The van der Waals surface area contributed by atoms with Gasteiger partial charge in [-0.05, 0) is 38.0 Å². The number of benzene rings is 1. The molecule has 1 atom stereocenters. The monoisotopic (exact) mass is 388 g/mol. The van der Waals surface area contributed by atoms with E-state index in [2.05, 4.69) is 21.2 Å². The van der Waals surface area contributed by atoms with Crippen molar-refractivity contribution in [3.8, 4) is 0 Å². The normalized spacial score (nSPS) is 19.9. The molecular formula is C15H21BrN2O3S. The van der Waals surface area contributed by atoms with Crippen LogP contribution in [0, 0.1) is 6.92 Å². The molecule has 5 nitrogen and oxygen atoms in total. The van der Waals surface area contributed by atoms with E-state index in [1.807, 2.05) is 32.0 Å². The second-order valence-corrected chi connectivity index (χ2v) is 8.64. The van der Waals surface area contributed by atoms with Crippen LogP contribution in [0.25, 0.3) is 0 Å². The van der Waals surface area contributed by atoms with E-state index < -0.39 is 9.84 Å². The molecule has 0 radical (unpaired) electrons. The fourth-order valence-corrected chi connectivity index (χ4v) is 4.75. The number of rotatable bonds is 5. The number of likely N-dealkylation sites (N-methyl/N-ethyl adjacent to an activating group) is 1. The van der Waals surface area contributed by atoms with Crippen molar-refractivity contribution in [1.82, 2.24) is 4.90 Å². The Bertz CT molecular complexity index is 661. The topological polar surface area (TPSA) is 66.5 Å². The lowest BCUT2D eigenvalue weighted by atomic mass is 10.2. The third kappa shape index (κ3) is 4.23. The number of nitrogens with zero attached hydrogens (tertiary/aromatic N) is 1. The predicted molar refractivity (Wildman–Crippen MR) is 91.8 cm³/mol. The number of nitrogens with one attached hydrogen (secondary N) is 1. The number of aryl methyl sites for hydroxylation is 1. The van der Waals surface area contributed by atoms with E-state index in [1.54, 1.807) is 4.90 Å². The Morgan fingerprint density at radius 2 is 2.18 bits per heavy atom. The third-order valence-corrected chi connectivity index (χ3v) is 6.53. The van der Waals surface area contributed by atoms with Crippen LogP contribution in [0.5, 0.6) is 0 Å². The molecule has 22 heavy (non-hydrogen) atoms. The fraction of sp³-hybridized carbons (Fsp3) is 0.533. The highest BCUT2D eigenvalue weighted by Gasteiger charge is 2.33. The number of carbonyl (C=O) groups excluding carboxylic acids is 1. The summed E-state index contributed by atoms with van der Waals surface area (Å²) in [6, 6.07) is 5.63. The molecule has 0 aliphatic carbocycles. The molecule has 7 heteroatoms. The summed E-state index contributed by atoms with van der Waals surface area (Å²) in [5.74, 6) is 0.198. The van der Waals surface area contributed by atoms with Crippen molar-refractivity contribution in [3.05, 3.63) is 28.2 Å². The standard InChI is InChI=1S/C15H21BrN2O3S/c1-3-18(13-6-7-22(20,21)10-13)15(19)9-17-12-5-4-11(2)14(16)8-12/h4-5,8,13,17H,3,6-7,9-10H2,1-2H3. The summed E-state index contributed by atoms with van der Waals surface area (Å²) >= 11 is 3.46. The molecule has 0 saturated carbocycles. The first kappa shape index (κ1) is 17.3. The lowest BCUT2D eigenvalue weighted by Crippen LogP contribution is -2.43. The number of anilines is 1. The second kappa shape index (κ2) is 7.00. The van der Waals surface area contributed by atoms with Crippen LogP contribution >= 0.6 is 15.9 Å². The van der Waals surface area contributed by atoms with Gasteiger partial charge in [-0.15, -0.1) is 0 Å². The maximum atomic E-state index is 12.4. The zero-order chi connectivity index (χ0) is 16.3. The summed E-state index contributed by atoms with van der Waals surface area (Å²) in [7, 11) is -2.98. The van der Waals surface area contributed by atoms with Crippen molar-refractivity contribution < 1.29 is 13.2 Å². The summed E-state index contributed by atoms with van der Waals surface area (Å²) < 4.78 is 24.1. The zero-order valence-electron chi connectivity index (χ0n) is 12.8. The maximum absolute atomic E-state index is 12.4. The molecule has 1 saturated heterocycles. The predicted octanol–water partition coefficient (Wildman–Crippen LogP) is 2.21. The number of hydrogen-bond acceptors (Lipinski definition) is 4. The van der Waals surface area contributed by atoms with Crippen molar-refractivity contribution in [3.63, 3.8) is 0 Å². The molecule has 0 spiro atoms. The molecule has 1 aromatic carbocycles. The van der Waals surface area contributed by atoms with Gasteiger partial charge in [-0.25, -0.2) is 8.42 Å². The SMILES string of the molecule is CCN(C(=O)CNc1ccc(C)c(Br)c1)C1CCS(=O)(=O)C1. The smallest absolute Gasteiger partial charge is 0.242 e. The molecule has 1 N–H and O–H groups in total. The molecule has 1 unspecified atom stereocenters. The van der Waals surface area contributed by atoms with Crippen LogP contribution in [0.1, 0.15) is 18.9 Å². The third-order valence-electron chi connectivity index (χ3n) is 3.93. The van der Waals surface area contributed by atoms with Crippen molar-refractivity contribution in [2.45, 2.75) is 26.3 Å². The van der Waals surface area contributed by atoms with Crippen LogP contribution in [0.2, 0.25) is 0 Å². The summed E-state index contributed by atoms with van der Waals surface area (Å²) in [5.41, 5.74) is 1.99. The fourth-order valence-electron chi connectivity index (χ4n) is 2.64. The van der Waals surface area contributed by atoms with Crippen LogP contribution in [0.4, 0.5) is 5.69 Å². The van der Waals surface area contributed by atoms with Gasteiger partial charge in [-0.3, -0.25) is 4.79 Å². The van der Waals surface area contributed by atoms with E-state index in [0.717, 1.165) is 15.7 Å². The van der Waals surface area contributed by atoms with Gasteiger partial charge in [0.2, 0.25) is 5.91 Å². The van der Waals surface area contributed by atoms with Gasteiger partial charge < -0.3 is 10.2 Å². The molecular weight excluding hydrogens is 368 g/mol. The Morgan fingerprint density at radius 3 is 2.73 bits per heavy atom. The first-order valence-electron chi connectivity index (χ1n) is 7.32. The summed E-state index contributed by atoms with van der Waals surface area (Å²) in [4.78, 5) is 14.0. The number of amides is 1. The molecule has 0 aromatic heterocycles. The molecule has 0 bridgehead atoms. The van der Waals surface area contributed by atoms with Gasteiger partial charge in [0, 0.05) is 22.7 Å². The van der Waals surface area contributed by atoms with Crippen LogP contribution < -0.4 is 5.32 Å². The van der Waals surface area contributed by atoms with Crippen LogP contribution in [-0.4, -0.2) is 49.9 Å². The Labute approximate surface area is 140 Å². The van der Waals surface area contributed by atoms with Crippen molar-refractivity contribution >= 4 is 37.4 Å². The number of halogens is 1. The van der Waals surface area contributed by atoms with E-state index in [-0.39, 0.29) is 30.0 Å². The average molecular weight is 389 g/mol. The highest BCUT2D eigenvalue weighted by molar-refractivity contribution is 9.10. The summed E-state index contributed by atoms with van der Waals surface area (Å²) in [6.45, 7) is 4.57. The highest BCUT2D eigenvalue weighted by atomic mass is 79.9. The Hall–Kier alpha value is -1.08. The molecule has 1 aliphatic heterocycles. The van der Waals surface area contributed by atoms with E-state index in [0.29, 0.717) is 13.0 Å². The van der Waals surface area contributed by atoms with Gasteiger partial charge in [-0.1, -0.05) is 22.0 Å². The van der Waals surface area contributed by atoms with Crippen molar-refractivity contribution in [2.75, 3.05) is 29.9 Å². The number of sulfone groups is 1. The van der Waals surface area contributed by atoms with E-state index in [4.69, 9.17) is 0 Å². The van der Waals surface area contributed by atoms with Crippen molar-refractivity contribution in [1.29, 1.82) is 0 Å². The van der Waals surface area contributed by atoms with Gasteiger partial charge >= 0.3 is 0 Å². The van der Waals surface area contributed by atoms with Gasteiger partial charge in [0.05, 0.1) is 18.1 Å². The minimum Gasteiger partial charge on any atom is -0.376 e. The summed E-state index contributed by atoms with van der Waals surface area (Å²) in [5, 5.41) is 3.10. The lowest BCUT2D eigenvalue weighted by Gasteiger charge is -2.27. The Kier molecular flexibility index (Phi) is 5.50. The molecule has 1 aromatic rings. The first-order chi connectivity index (χ1) is 10.3.